The number of pyridine rings is 2. The summed E-state index contributed by atoms with van der Waals surface area (Å²) in [6.07, 6.45) is 23.2. The third kappa shape index (κ3) is 8.65. The fourth-order valence-corrected chi connectivity index (χ4v) is 20.3. The maximum Gasteiger partial charge on any atom is 0.231 e. The third-order valence-corrected chi connectivity index (χ3v) is 22.6. The van der Waals surface area contributed by atoms with Crippen LogP contribution in [0.2, 0.25) is 0 Å². The van der Waals surface area contributed by atoms with Crippen LogP contribution in [-0.4, -0.2) is 61.0 Å². The Labute approximate surface area is 317 Å². The lowest BCUT2D eigenvalue weighted by atomic mass is 9.99. The van der Waals surface area contributed by atoms with Crippen LogP contribution in [0.1, 0.15) is 128 Å². The summed E-state index contributed by atoms with van der Waals surface area (Å²) in [6.45, 7) is 0. The highest BCUT2D eigenvalue weighted by atomic mass is 79.9. The minimum Gasteiger partial charge on any atom is -0.481 e. The Kier molecular flexibility index (Phi) is 15.1. The number of rotatable bonds is 10. The van der Waals surface area contributed by atoms with Gasteiger partial charge in [0.1, 0.15) is 14.3 Å². The quantitative estimate of drug-likeness (QED) is 0.218. The summed E-state index contributed by atoms with van der Waals surface area (Å²) in [5, 5.41) is 1.80. The predicted molar refractivity (Wildman–Crippen MR) is 212 cm³/mol. The maximum absolute atomic E-state index is 14.7. The summed E-state index contributed by atoms with van der Waals surface area (Å²) < 4.78 is 52.6. The Morgan fingerprint density at radius 2 is 0.740 bits per heavy atom. The molecule has 0 aliphatic heterocycles. The predicted octanol–water partition coefficient (Wildman–Crippen LogP) is 11.0. The molecule has 0 aromatic carbocycles. The van der Waals surface area contributed by atoms with Crippen molar-refractivity contribution in [3.8, 4) is 23.5 Å². The van der Waals surface area contributed by atoms with Crippen molar-refractivity contribution in [3.63, 3.8) is 0 Å². The van der Waals surface area contributed by atoms with E-state index in [0.29, 0.717) is 23.5 Å². The molecule has 8 nitrogen and oxygen atoms in total. The lowest BCUT2D eigenvalue weighted by Gasteiger charge is -2.39. The Morgan fingerprint density at radius 3 is 0.960 bits per heavy atom. The van der Waals surface area contributed by atoms with E-state index in [1.165, 1.54) is 77.0 Å². The Balaban J connectivity index is 0.000000194. The van der Waals surface area contributed by atoms with Crippen LogP contribution in [0.4, 0.5) is 0 Å². The van der Waals surface area contributed by atoms with Gasteiger partial charge in [-0.15, -0.1) is 0 Å². The number of nitrogens with zero attached hydrogens (tertiary/aromatic N) is 2. The summed E-state index contributed by atoms with van der Waals surface area (Å²) in [7, 11) is 1.23. The molecular formula is C38H58Br2N2O6P2. The van der Waals surface area contributed by atoms with Gasteiger partial charge in [-0.3, -0.25) is 0 Å². The molecule has 50 heavy (non-hydrogen) atoms. The van der Waals surface area contributed by atoms with E-state index in [4.69, 9.17) is 18.9 Å². The number of methoxy groups -OCH3 is 4. The SMILES string of the molecule is COc1cc(P(=O)(C2CCCCC2)C2CCCCC2)c(Br)c(OC)n1.COc1cc(P(=O)(C2CCCCC2)C2CCCCC2)c(Br)c(OC)n1. The molecule has 0 amide bonds. The van der Waals surface area contributed by atoms with Crippen LogP contribution in [0.5, 0.6) is 23.5 Å². The van der Waals surface area contributed by atoms with Gasteiger partial charge in [-0.1, -0.05) is 77.0 Å². The summed E-state index contributed by atoms with van der Waals surface area (Å²) >= 11 is 7.32. The molecule has 12 heteroatoms. The third-order valence-electron chi connectivity index (χ3n) is 11.8. The van der Waals surface area contributed by atoms with E-state index in [1.807, 2.05) is 12.1 Å². The second-order valence-electron chi connectivity index (χ2n) is 14.6. The van der Waals surface area contributed by atoms with Gasteiger partial charge in [-0.05, 0) is 83.2 Å². The number of aromatic nitrogens is 2. The molecule has 4 aliphatic carbocycles. The number of hydrogen-bond donors (Lipinski definition) is 0. The van der Waals surface area contributed by atoms with Gasteiger partial charge in [0.2, 0.25) is 23.5 Å². The van der Waals surface area contributed by atoms with Crippen LogP contribution in [-0.2, 0) is 9.13 Å². The molecule has 4 aliphatic rings. The van der Waals surface area contributed by atoms with Gasteiger partial charge in [0.25, 0.3) is 0 Å². The molecule has 0 saturated heterocycles. The van der Waals surface area contributed by atoms with Gasteiger partial charge in [0, 0.05) is 45.4 Å². The first-order valence-electron chi connectivity index (χ1n) is 19.0. The van der Waals surface area contributed by atoms with Crippen LogP contribution in [0.15, 0.2) is 21.1 Å². The maximum atomic E-state index is 14.7. The van der Waals surface area contributed by atoms with Gasteiger partial charge in [-0.2, -0.15) is 9.97 Å². The second kappa shape index (κ2) is 18.8. The zero-order chi connectivity index (χ0) is 35.7. The van der Waals surface area contributed by atoms with Gasteiger partial charge in [-0.25, -0.2) is 0 Å². The zero-order valence-electron chi connectivity index (χ0n) is 30.6. The van der Waals surface area contributed by atoms with Crippen molar-refractivity contribution in [1.29, 1.82) is 0 Å². The first-order valence-corrected chi connectivity index (χ1v) is 24.3. The summed E-state index contributed by atoms with van der Waals surface area (Å²) in [6, 6.07) is 3.80. The zero-order valence-corrected chi connectivity index (χ0v) is 35.6. The second-order valence-corrected chi connectivity index (χ2v) is 22.9. The average molecular weight is 861 g/mol. The van der Waals surface area contributed by atoms with Crippen LogP contribution >= 0.6 is 46.1 Å². The van der Waals surface area contributed by atoms with Crippen LogP contribution in [0.3, 0.4) is 0 Å². The van der Waals surface area contributed by atoms with Crippen molar-refractivity contribution >= 4 is 56.8 Å². The highest BCUT2D eigenvalue weighted by Crippen LogP contribution is 2.64. The fourth-order valence-electron chi connectivity index (χ4n) is 9.17. The monoisotopic (exact) mass is 858 g/mol. The molecule has 0 N–H and O–H groups in total. The Bertz CT molecular complexity index is 1350. The Hall–Kier alpha value is -1.08. The minimum atomic E-state index is -2.59. The molecule has 0 bridgehead atoms. The Morgan fingerprint density at radius 1 is 0.480 bits per heavy atom. The highest BCUT2D eigenvalue weighted by Gasteiger charge is 2.46. The first-order chi connectivity index (χ1) is 24.2. The molecule has 4 saturated carbocycles. The van der Waals surface area contributed by atoms with Gasteiger partial charge < -0.3 is 28.1 Å². The molecule has 0 atom stereocenters. The fraction of sp³-hybridized carbons (Fsp3) is 0.737. The van der Waals surface area contributed by atoms with E-state index in [1.54, 1.807) is 28.4 Å². The number of hydrogen-bond acceptors (Lipinski definition) is 8. The van der Waals surface area contributed by atoms with Crippen molar-refractivity contribution in [2.45, 2.75) is 151 Å². The summed E-state index contributed by atoms with van der Waals surface area (Å²) in [5.41, 5.74) is 1.16. The molecule has 2 heterocycles. The first kappa shape index (κ1) is 40.1. The number of halogens is 2. The van der Waals surface area contributed by atoms with E-state index in [-0.39, 0.29) is 22.6 Å². The molecule has 0 spiro atoms. The van der Waals surface area contributed by atoms with E-state index in [2.05, 4.69) is 41.8 Å². The topological polar surface area (TPSA) is 96.8 Å². The van der Waals surface area contributed by atoms with Crippen molar-refractivity contribution < 1.29 is 28.1 Å². The van der Waals surface area contributed by atoms with Gasteiger partial charge in [0.15, 0.2) is 0 Å². The van der Waals surface area contributed by atoms with E-state index in [9.17, 15) is 9.13 Å². The van der Waals surface area contributed by atoms with Crippen molar-refractivity contribution in [1.82, 2.24) is 9.97 Å². The smallest absolute Gasteiger partial charge is 0.231 e. The van der Waals surface area contributed by atoms with Crippen molar-refractivity contribution in [2.75, 3.05) is 28.4 Å². The lowest BCUT2D eigenvalue weighted by Crippen LogP contribution is -2.30. The normalized spacial score (nSPS) is 20.4. The number of ether oxygens (including phenoxy) is 4. The van der Waals surface area contributed by atoms with E-state index >= 15 is 0 Å². The van der Waals surface area contributed by atoms with Crippen molar-refractivity contribution in [3.05, 3.63) is 21.1 Å². The molecule has 2 aromatic rings. The minimum absolute atomic E-state index is 0.289. The summed E-state index contributed by atoms with van der Waals surface area (Å²) in [5.74, 6) is 1.92. The van der Waals surface area contributed by atoms with Gasteiger partial charge in [0.05, 0.1) is 37.4 Å². The molecule has 6 rings (SSSR count). The standard InChI is InChI=1S/2C19H29BrNO3P/c2*1-23-17-13-16(18(20)19(21-17)24-2)25(22,14-9-5-3-6-10-14)15-11-7-4-8-12-15/h2*13-15H,3-12H2,1-2H3. The molecule has 0 radical (unpaired) electrons. The van der Waals surface area contributed by atoms with E-state index < -0.39 is 14.3 Å². The van der Waals surface area contributed by atoms with Gasteiger partial charge >= 0.3 is 0 Å². The van der Waals surface area contributed by atoms with Crippen LogP contribution in [0.25, 0.3) is 0 Å². The van der Waals surface area contributed by atoms with E-state index in [0.717, 1.165) is 70.9 Å². The van der Waals surface area contributed by atoms with Crippen LogP contribution in [0, 0.1) is 0 Å². The highest BCUT2D eigenvalue weighted by molar-refractivity contribution is 9.11. The molecular weight excluding hydrogens is 802 g/mol. The molecule has 2 aromatic heterocycles. The molecule has 280 valence electrons. The largest absolute Gasteiger partial charge is 0.481 e. The average Bonchev–Trinajstić information content (AvgIpc) is 3.19. The van der Waals surface area contributed by atoms with Crippen molar-refractivity contribution in [2.24, 2.45) is 0 Å². The molecule has 4 fully saturated rings. The molecule has 0 unspecified atom stereocenters. The lowest BCUT2D eigenvalue weighted by molar-refractivity contribution is 0.363. The summed E-state index contributed by atoms with van der Waals surface area (Å²) in [4.78, 5) is 8.72. The van der Waals surface area contributed by atoms with Crippen LogP contribution < -0.4 is 29.6 Å².